The highest BCUT2D eigenvalue weighted by atomic mass is 35.5. The fourth-order valence-electron chi connectivity index (χ4n) is 2.73. The number of rotatable bonds is 4. The fraction of sp³-hybridized carbons (Fsp3) is 0.312. The number of carboxylic acids is 1. The molecule has 1 aromatic carbocycles. The predicted octanol–water partition coefficient (Wildman–Crippen LogP) is 4.12. The Bertz CT molecular complexity index is 638. The molecule has 0 radical (unpaired) electrons. The largest absolute Gasteiger partial charge is 0.480 e. The van der Waals surface area contributed by atoms with E-state index in [9.17, 15) is 9.90 Å². The first kappa shape index (κ1) is 14.6. The first-order chi connectivity index (χ1) is 10.1. The van der Waals surface area contributed by atoms with Gasteiger partial charge in [-0.05, 0) is 49.2 Å². The van der Waals surface area contributed by atoms with Crippen molar-refractivity contribution in [3.8, 4) is 10.4 Å². The Kier molecular flexibility index (Phi) is 4.29. The topological polar surface area (TPSA) is 40.5 Å². The molecule has 3 rings (SSSR count). The molecule has 0 saturated carbocycles. The molecular weight excluding hydrogens is 306 g/mol. The van der Waals surface area contributed by atoms with Crippen molar-refractivity contribution in [3.63, 3.8) is 0 Å². The van der Waals surface area contributed by atoms with Crippen LogP contribution in [0.1, 0.15) is 17.7 Å². The minimum Gasteiger partial charge on any atom is -0.480 e. The zero-order valence-electron chi connectivity index (χ0n) is 11.5. The highest BCUT2D eigenvalue weighted by molar-refractivity contribution is 7.15. The van der Waals surface area contributed by atoms with E-state index in [-0.39, 0.29) is 6.04 Å². The molecule has 21 heavy (non-hydrogen) atoms. The minimum absolute atomic E-state index is 0.328. The third-order valence-electron chi connectivity index (χ3n) is 3.80. The summed E-state index contributed by atoms with van der Waals surface area (Å²) in [6.45, 7) is 1.58. The SMILES string of the molecule is O=C(O)[C@H]1CCCN1Cc1ccc(-c2ccc(Cl)cc2)s1. The number of thiophene rings is 1. The summed E-state index contributed by atoms with van der Waals surface area (Å²) in [7, 11) is 0. The Morgan fingerprint density at radius 2 is 2.05 bits per heavy atom. The lowest BCUT2D eigenvalue weighted by Crippen LogP contribution is -2.35. The zero-order chi connectivity index (χ0) is 14.8. The quantitative estimate of drug-likeness (QED) is 0.921. The molecule has 1 saturated heterocycles. The van der Waals surface area contributed by atoms with E-state index >= 15 is 0 Å². The number of carboxylic acid groups (broad SMARTS) is 1. The number of carbonyl (C=O) groups is 1. The Labute approximate surface area is 132 Å². The van der Waals surface area contributed by atoms with Gasteiger partial charge in [0, 0.05) is 21.3 Å². The number of benzene rings is 1. The molecule has 0 amide bonds. The molecule has 1 aliphatic heterocycles. The average molecular weight is 322 g/mol. The molecular formula is C16H16ClNO2S. The maximum Gasteiger partial charge on any atom is 0.320 e. The van der Waals surface area contributed by atoms with Gasteiger partial charge in [0.2, 0.25) is 0 Å². The Hall–Kier alpha value is -1.36. The summed E-state index contributed by atoms with van der Waals surface area (Å²) >= 11 is 7.62. The second kappa shape index (κ2) is 6.18. The normalized spacial score (nSPS) is 19.0. The number of hydrogen-bond acceptors (Lipinski definition) is 3. The standard InChI is InChI=1S/C16H16ClNO2S/c17-12-5-3-11(4-6-12)15-8-7-13(21-15)10-18-9-1-2-14(18)16(19)20/h3-8,14H,1-2,9-10H2,(H,19,20)/t14-/m1/s1. The van der Waals surface area contributed by atoms with Gasteiger partial charge in [0.05, 0.1) is 0 Å². The predicted molar refractivity (Wildman–Crippen MR) is 85.8 cm³/mol. The van der Waals surface area contributed by atoms with Gasteiger partial charge in [-0.25, -0.2) is 0 Å². The molecule has 3 nitrogen and oxygen atoms in total. The van der Waals surface area contributed by atoms with Crippen LogP contribution in [0.25, 0.3) is 10.4 Å². The van der Waals surface area contributed by atoms with Crippen molar-refractivity contribution < 1.29 is 9.90 Å². The number of halogens is 1. The molecule has 1 aliphatic rings. The smallest absolute Gasteiger partial charge is 0.320 e. The number of hydrogen-bond donors (Lipinski definition) is 1. The number of aliphatic carboxylic acids is 1. The molecule has 0 aliphatic carbocycles. The molecule has 1 fully saturated rings. The molecule has 5 heteroatoms. The van der Waals surface area contributed by atoms with E-state index in [0.29, 0.717) is 0 Å². The molecule has 110 valence electrons. The van der Waals surface area contributed by atoms with Gasteiger partial charge in [0.25, 0.3) is 0 Å². The van der Waals surface area contributed by atoms with E-state index in [1.165, 1.54) is 9.75 Å². The second-order valence-corrected chi connectivity index (χ2v) is 6.84. The Morgan fingerprint density at radius 1 is 1.29 bits per heavy atom. The molecule has 1 atom stereocenters. The molecule has 2 heterocycles. The molecule has 1 aromatic heterocycles. The maximum atomic E-state index is 11.2. The summed E-state index contributed by atoms with van der Waals surface area (Å²) < 4.78 is 0. The van der Waals surface area contributed by atoms with Crippen LogP contribution in [0.5, 0.6) is 0 Å². The van der Waals surface area contributed by atoms with Crippen molar-refractivity contribution in [1.82, 2.24) is 4.90 Å². The number of likely N-dealkylation sites (tertiary alicyclic amines) is 1. The van der Waals surface area contributed by atoms with Crippen LogP contribution in [0, 0.1) is 0 Å². The van der Waals surface area contributed by atoms with Crippen molar-refractivity contribution in [2.45, 2.75) is 25.4 Å². The summed E-state index contributed by atoms with van der Waals surface area (Å²) in [4.78, 5) is 15.7. The summed E-state index contributed by atoms with van der Waals surface area (Å²) in [5.41, 5.74) is 1.15. The average Bonchev–Trinajstić information content (AvgIpc) is 3.09. The van der Waals surface area contributed by atoms with Crippen LogP contribution in [-0.2, 0) is 11.3 Å². The van der Waals surface area contributed by atoms with Crippen LogP contribution in [-0.4, -0.2) is 28.6 Å². The molecule has 0 spiro atoms. The van der Waals surface area contributed by atoms with E-state index in [2.05, 4.69) is 17.0 Å². The van der Waals surface area contributed by atoms with Gasteiger partial charge in [-0.1, -0.05) is 23.7 Å². The lowest BCUT2D eigenvalue weighted by atomic mass is 10.2. The highest BCUT2D eigenvalue weighted by Crippen LogP contribution is 2.31. The van der Waals surface area contributed by atoms with Gasteiger partial charge in [-0.15, -0.1) is 11.3 Å². The fourth-order valence-corrected chi connectivity index (χ4v) is 3.89. The third-order valence-corrected chi connectivity index (χ3v) is 5.17. The monoisotopic (exact) mass is 321 g/mol. The molecule has 0 bridgehead atoms. The van der Waals surface area contributed by atoms with Crippen LogP contribution < -0.4 is 0 Å². The van der Waals surface area contributed by atoms with E-state index in [4.69, 9.17) is 11.6 Å². The van der Waals surface area contributed by atoms with Crippen molar-refractivity contribution in [2.75, 3.05) is 6.54 Å². The molecule has 2 aromatic rings. The van der Waals surface area contributed by atoms with Gasteiger partial charge in [-0.2, -0.15) is 0 Å². The van der Waals surface area contributed by atoms with Crippen molar-refractivity contribution in [1.29, 1.82) is 0 Å². The third kappa shape index (κ3) is 3.28. The lowest BCUT2D eigenvalue weighted by Gasteiger charge is -2.19. The van der Waals surface area contributed by atoms with Crippen molar-refractivity contribution in [2.24, 2.45) is 0 Å². The highest BCUT2D eigenvalue weighted by Gasteiger charge is 2.30. The van der Waals surface area contributed by atoms with E-state index in [1.54, 1.807) is 11.3 Å². The van der Waals surface area contributed by atoms with E-state index < -0.39 is 5.97 Å². The molecule has 0 unspecified atom stereocenters. The van der Waals surface area contributed by atoms with Gasteiger partial charge < -0.3 is 5.11 Å². The second-order valence-electron chi connectivity index (χ2n) is 5.24. The Balaban J connectivity index is 1.73. The van der Waals surface area contributed by atoms with Crippen LogP contribution in [0.15, 0.2) is 36.4 Å². The van der Waals surface area contributed by atoms with Gasteiger partial charge in [-0.3, -0.25) is 9.69 Å². The van der Waals surface area contributed by atoms with Crippen LogP contribution in [0.2, 0.25) is 5.02 Å². The Morgan fingerprint density at radius 3 is 2.76 bits per heavy atom. The lowest BCUT2D eigenvalue weighted by molar-refractivity contribution is -0.142. The van der Waals surface area contributed by atoms with Crippen molar-refractivity contribution in [3.05, 3.63) is 46.3 Å². The maximum absolute atomic E-state index is 11.2. The van der Waals surface area contributed by atoms with Crippen LogP contribution in [0.4, 0.5) is 0 Å². The molecule has 1 N–H and O–H groups in total. The van der Waals surface area contributed by atoms with Gasteiger partial charge in [0.1, 0.15) is 6.04 Å². The first-order valence-corrected chi connectivity index (χ1v) is 8.14. The first-order valence-electron chi connectivity index (χ1n) is 6.95. The van der Waals surface area contributed by atoms with Crippen LogP contribution in [0.3, 0.4) is 0 Å². The number of nitrogens with zero attached hydrogens (tertiary/aromatic N) is 1. The summed E-state index contributed by atoms with van der Waals surface area (Å²) in [6, 6.07) is 11.6. The van der Waals surface area contributed by atoms with Gasteiger partial charge >= 0.3 is 5.97 Å². The minimum atomic E-state index is -0.706. The summed E-state index contributed by atoms with van der Waals surface area (Å²) in [5.74, 6) is -0.706. The summed E-state index contributed by atoms with van der Waals surface area (Å²) in [5, 5.41) is 9.95. The van der Waals surface area contributed by atoms with E-state index in [0.717, 1.165) is 36.5 Å². The summed E-state index contributed by atoms with van der Waals surface area (Å²) in [6.07, 6.45) is 1.72. The van der Waals surface area contributed by atoms with E-state index in [1.807, 2.05) is 24.3 Å². The zero-order valence-corrected chi connectivity index (χ0v) is 13.0. The van der Waals surface area contributed by atoms with Crippen molar-refractivity contribution >= 4 is 28.9 Å². The van der Waals surface area contributed by atoms with Gasteiger partial charge in [0.15, 0.2) is 0 Å². The van der Waals surface area contributed by atoms with Crippen LogP contribution >= 0.6 is 22.9 Å².